The van der Waals surface area contributed by atoms with Crippen LogP contribution in [0.25, 0.3) is 0 Å². The summed E-state index contributed by atoms with van der Waals surface area (Å²) in [6.45, 7) is 5.96. The van der Waals surface area contributed by atoms with Crippen molar-refractivity contribution in [1.82, 2.24) is 5.32 Å². The molecule has 3 heteroatoms. The van der Waals surface area contributed by atoms with Gasteiger partial charge in [0.25, 0.3) is 0 Å². The maximum Gasteiger partial charge on any atom is 0.0590 e. The normalized spacial score (nSPS) is 13.7. The van der Waals surface area contributed by atoms with Gasteiger partial charge in [0.1, 0.15) is 0 Å². The summed E-state index contributed by atoms with van der Waals surface area (Å²) in [7, 11) is 0. The minimum absolute atomic E-state index is 0.837. The first-order valence-electron chi connectivity index (χ1n) is 7.93. The SMILES string of the molecule is CCCCOCCNCCSc1ccc2c(c1)CCC2. The highest BCUT2D eigenvalue weighted by Gasteiger charge is 2.10. The van der Waals surface area contributed by atoms with Crippen LogP contribution in [0.2, 0.25) is 0 Å². The van der Waals surface area contributed by atoms with Crippen molar-refractivity contribution in [3.05, 3.63) is 29.3 Å². The molecule has 1 aliphatic rings. The summed E-state index contributed by atoms with van der Waals surface area (Å²) in [6, 6.07) is 6.99. The van der Waals surface area contributed by atoms with Gasteiger partial charge in [0.05, 0.1) is 6.61 Å². The van der Waals surface area contributed by atoms with Crippen LogP contribution in [0, 0.1) is 0 Å². The van der Waals surface area contributed by atoms with Gasteiger partial charge in [0.2, 0.25) is 0 Å². The van der Waals surface area contributed by atoms with Gasteiger partial charge in [-0.3, -0.25) is 0 Å². The molecule has 0 unspecified atom stereocenters. The van der Waals surface area contributed by atoms with Gasteiger partial charge in [-0.05, 0) is 48.9 Å². The molecule has 20 heavy (non-hydrogen) atoms. The fourth-order valence-electron chi connectivity index (χ4n) is 2.50. The highest BCUT2D eigenvalue weighted by atomic mass is 32.2. The standard InChI is InChI=1S/C17H27NOS/c1-2-3-11-19-12-9-18-10-13-20-17-8-7-15-5-4-6-16(15)14-17/h7-8,14,18H,2-6,9-13H2,1H3. The molecule has 0 spiro atoms. The summed E-state index contributed by atoms with van der Waals surface area (Å²) in [4.78, 5) is 1.42. The molecule has 0 fully saturated rings. The molecule has 1 aliphatic carbocycles. The van der Waals surface area contributed by atoms with Crippen LogP contribution < -0.4 is 5.32 Å². The quantitative estimate of drug-likeness (QED) is 0.525. The Morgan fingerprint density at radius 1 is 1.15 bits per heavy atom. The van der Waals surface area contributed by atoms with Crippen LogP contribution in [-0.4, -0.2) is 32.1 Å². The van der Waals surface area contributed by atoms with Crippen LogP contribution in [0.5, 0.6) is 0 Å². The molecule has 0 aromatic heterocycles. The molecular formula is C17H27NOS. The molecule has 0 saturated carbocycles. The second-order valence-corrected chi connectivity index (χ2v) is 6.52. The van der Waals surface area contributed by atoms with E-state index in [2.05, 4.69) is 30.4 Å². The van der Waals surface area contributed by atoms with E-state index >= 15 is 0 Å². The topological polar surface area (TPSA) is 21.3 Å². The lowest BCUT2D eigenvalue weighted by atomic mass is 10.1. The first-order chi connectivity index (χ1) is 9.90. The van der Waals surface area contributed by atoms with E-state index < -0.39 is 0 Å². The molecule has 0 bridgehead atoms. The van der Waals surface area contributed by atoms with E-state index in [0.717, 1.165) is 32.1 Å². The molecule has 0 aliphatic heterocycles. The number of rotatable bonds is 10. The van der Waals surface area contributed by atoms with Gasteiger partial charge in [-0.2, -0.15) is 0 Å². The van der Waals surface area contributed by atoms with Crippen LogP contribution in [0.3, 0.4) is 0 Å². The molecule has 0 heterocycles. The molecule has 1 N–H and O–H groups in total. The van der Waals surface area contributed by atoms with Gasteiger partial charge in [-0.15, -0.1) is 11.8 Å². The minimum Gasteiger partial charge on any atom is -0.380 e. The monoisotopic (exact) mass is 293 g/mol. The molecule has 0 atom stereocenters. The first kappa shape index (κ1) is 15.9. The van der Waals surface area contributed by atoms with Crippen molar-refractivity contribution in [2.75, 3.05) is 32.1 Å². The number of thioether (sulfide) groups is 1. The third-order valence-corrected chi connectivity index (χ3v) is 4.68. The molecule has 2 rings (SSSR count). The number of aryl methyl sites for hydroxylation is 2. The van der Waals surface area contributed by atoms with Crippen LogP contribution in [-0.2, 0) is 17.6 Å². The molecular weight excluding hydrogens is 266 g/mol. The summed E-state index contributed by atoms with van der Waals surface area (Å²) in [5.41, 5.74) is 3.14. The Balaban J connectivity index is 1.51. The molecule has 0 saturated heterocycles. The van der Waals surface area contributed by atoms with E-state index in [4.69, 9.17) is 4.74 Å². The Morgan fingerprint density at radius 2 is 2.05 bits per heavy atom. The lowest BCUT2D eigenvalue weighted by Crippen LogP contribution is -2.22. The number of fused-ring (bicyclic) bond motifs is 1. The van der Waals surface area contributed by atoms with Crippen molar-refractivity contribution in [3.8, 4) is 0 Å². The van der Waals surface area contributed by atoms with Gasteiger partial charge in [0, 0.05) is 30.3 Å². The van der Waals surface area contributed by atoms with Crippen molar-refractivity contribution < 1.29 is 4.74 Å². The van der Waals surface area contributed by atoms with E-state index in [9.17, 15) is 0 Å². The second-order valence-electron chi connectivity index (χ2n) is 5.35. The van der Waals surface area contributed by atoms with Crippen LogP contribution in [0.15, 0.2) is 23.1 Å². The molecule has 2 nitrogen and oxygen atoms in total. The van der Waals surface area contributed by atoms with Crippen molar-refractivity contribution in [2.45, 2.75) is 43.9 Å². The Hall–Kier alpha value is -0.510. The van der Waals surface area contributed by atoms with E-state index in [-0.39, 0.29) is 0 Å². The maximum absolute atomic E-state index is 5.52. The van der Waals surface area contributed by atoms with Gasteiger partial charge in [0.15, 0.2) is 0 Å². The highest BCUT2D eigenvalue weighted by molar-refractivity contribution is 7.99. The average Bonchev–Trinajstić information content (AvgIpc) is 2.93. The number of hydrogen-bond donors (Lipinski definition) is 1. The molecule has 0 radical (unpaired) electrons. The van der Waals surface area contributed by atoms with Gasteiger partial charge < -0.3 is 10.1 Å². The molecule has 112 valence electrons. The largest absolute Gasteiger partial charge is 0.380 e. The Bertz CT molecular complexity index is 395. The van der Waals surface area contributed by atoms with Crippen molar-refractivity contribution >= 4 is 11.8 Å². The fraction of sp³-hybridized carbons (Fsp3) is 0.647. The summed E-state index contributed by atoms with van der Waals surface area (Å²) < 4.78 is 5.52. The van der Waals surface area contributed by atoms with Crippen LogP contribution in [0.4, 0.5) is 0 Å². The zero-order valence-corrected chi connectivity index (χ0v) is 13.4. The van der Waals surface area contributed by atoms with Gasteiger partial charge in [-0.1, -0.05) is 19.4 Å². The zero-order chi connectivity index (χ0) is 14.0. The molecule has 1 aromatic rings. The summed E-state index contributed by atoms with van der Waals surface area (Å²) in [5, 5.41) is 3.44. The number of nitrogens with one attached hydrogen (secondary N) is 1. The third-order valence-electron chi connectivity index (χ3n) is 3.68. The fourth-order valence-corrected chi connectivity index (χ4v) is 3.37. The number of ether oxygens (including phenoxy) is 1. The predicted octanol–water partition coefficient (Wildman–Crippen LogP) is 3.67. The summed E-state index contributed by atoms with van der Waals surface area (Å²) in [6.07, 6.45) is 6.28. The van der Waals surface area contributed by atoms with Crippen molar-refractivity contribution in [1.29, 1.82) is 0 Å². The average molecular weight is 293 g/mol. The predicted molar refractivity (Wildman–Crippen MR) is 87.8 cm³/mol. The van der Waals surface area contributed by atoms with E-state index in [0.29, 0.717) is 0 Å². The van der Waals surface area contributed by atoms with Crippen molar-refractivity contribution in [3.63, 3.8) is 0 Å². The lowest BCUT2D eigenvalue weighted by molar-refractivity contribution is 0.133. The summed E-state index contributed by atoms with van der Waals surface area (Å²) in [5.74, 6) is 1.13. The Labute approximate surface area is 127 Å². The van der Waals surface area contributed by atoms with E-state index in [1.165, 1.54) is 37.0 Å². The maximum atomic E-state index is 5.52. The molecule has 0 amide bonds. The Kier molecular flexibility index (Phi) is 7.48. The van der Waals surface area contributed by atoms with Crippen LogP contribution in [0.1, 0.15) is 37.3 Å². The third kappa shape index (κ3) is 5.47. The second kappa shape index (κ2) is 9.43. The van der Waals surface area contributed by atoms with Gasteiger partial charge in [-0.25, -0.2) is 0 Å². The number of unbranched alkanes of at least 4 members (excludes halogenated alkanes) is 1. The van der Waals surface area contributed by atoms with Crippen LogP contribution >= 0.6 is 11.8 Å². The zero-order valence-electron chi connectivity index (χ0n) is 12.6. The minimum atomic E-state index is 0.837. The highest BCUT2D eigenvalue weighted by Crippen LogP contribution is 2.27. The van der Waals surface area contributed by atoms with E-state index in [1.54, 1.807) is 11.1 Å². The number of hydrogen-bond acceptors (Lipinski definition) is 3. The van der Waals surface area contributed by atoms with E-state index in [1.807, 2.05) is 11.8 Å². The molecule has 1 aromatic carbocycles. The van der Waals surface area contributed by atoms with Crippen molar-refractivity contribution in [2.24, 2.45) is 0 Å². The number of benzene rings is 1. The first-order valence-corrected chi connectivity index (χ1v) is 8.92. The summed E-state index contributed by atoms with van der Waals surface area (Å²) >= 11 is 1.96. The Morgan fingerprint density at radius 3 is 2.95 bits per heavy atom. The lowest BCUT2D eigenvalue weighted by Gasteiger charge is -2.07. The van der Waals surface area contributed by atoms with Gasteiger partial charge >= 0.3 is 0 Å². The smallest absolute Gasteiger partial charge is 0.0590 e.